The third kappa shape index (κ3) is 7.66. The van der Waals surface area contributed by atoms with Crippen molar-refractivity contribution >= 4 is 17.8 Å². The number of nitrogens with two attached hydrogens (primary N) is 1. The van der Waals surface area contributed by atoms with Crippen molar-refractivity contribution in [2.24, 2.45) is 11.1 Å². The van der Waals surface area contributed by atoms with Crippen molar-refractivity contribution in [3.8, 4) is 0 Å². The molecule has 34 heavy (non-hydrogen) atoms. The van der Waals surface area contributed by atoms with E-state index >= 15 is 0 Å². The quantitative estimate of drug-likeness (QED) is 0.402. The molecule has 1 aromatic heterocycles. The molecule has 1 heterocycles. The Morgan fingerprint density at radius 3 is 2.38 bits per heavy atom. The normalized spacial score (nSPS) is 16.7. The predicted octanol–water partition coefficient (Wildman–Crippen LogP) is 2.74. The van der Waals surface area contributed by atoms with Gasteiger partial charge in [0.2, 0.25) is 11.8 Å². The van der Waals surface area contributed by atoms with Crippen LogP contribution in [0.2, 0.25) is 0 Å². The molecule has 0 radical (unpaired) electrons. The number of carboxylic acid groups (broad SMARTS) is 1. The molecule has 1 fully saturated rings. The summed E-state index contributed by atoms with van der Waals surface area (Å²) in [5, 5.41) is 14.9. The van der Waals surface area contributed by atoms with E-state index in [9.17, 15) is 14.4 Å². The average Bonchev–Trinajstić information content (AvgIpc) is 2.83. The van der Waals surface area contributed by atoms with Crippen LogP contribution in [0.5, 0.6) is 0 Å². The molecule has 0 aliphatic heterocycles. The Kier molecular flexibility index (Phi) is 9.16. The summed E-state index contributed by atoms with van der Waals surface area (Å²) in [4.78, 5) is 40.9. The van der Waals surface area contributed by atoms with Gasteiger partial charge in [-0.25, -0.2) is 0 Å². The van der Waals surface area contributed by atoms with Gasteiger partial charge in [-0.15, -0.1) is 0 Å². The molecule has 182 valence electrons. The molecule has 0 spiro atoms. The van der Waals surface area contributed by atoms with Gasteiger partial charge in [0.15, 0.2) is 0 Å². The highest BCUT2D eigenvalue weighted by molar-refractivity contribution is 5.86. The van der Waals surface area contributed by atoms with E-state index in [0.717, 1.165) is 43.4 Å². The Morgan fingerprint density at radius 2 is 1.74 bits per heavy atom. The molecule has 2 atom stereocenters. The number of pyridine rings is 1. The zero-order chi connectivity index (χ0) is 24.4. The topological polar surface area (TPSA) is 134 Å². The number of nitrogens with one attached hydrogen (secondary N) is 2. The van der Waals surface area contributed by atoms with Gasteiger partial charge in [-0.3, -0.25) is 19.4 Å². The second-order valence-corrected chi connectivity index (χ2v) is 9.22. The summed E-state index contributed by atoms with van der Waals surface area (Å²) in [6.07, 6.45) is 6.90. The van der Waals surface area contributed by atoms with Crippen molar-refractivity contribution in [3.05, 3.63) is 66.0 Å². The van der Waals surface area contributed by atoms with E-state index in [1.165, 1.54) is 0 Å². The van der Waals surface area contributed by atoms with Gasteiger partial charge in [0, 0.05) is 31.3 Å². The highest BCUT2D eigenvalue weighted by atomic mass is 16.4. The average molecular weight is 467 g/mol. The fraction of sp³-hybridized carbons (Fsp3) is 0.462. The first-order valence-electron chi connectivity index (χ1n) is 11.9. The molecular formula is C26H34N4O4. The largest absolute Gasteiger partial charge is 0.481 e. The number of aliphatic carboxylic acids is 1. The van der Waals surface area contributed by atoms with Gasteiger partial charge in [0.1, 0.15) is 0 Å². The number of nitrogens with zero attached hydrogens (tertiary/aromatic N) is 1. The van der Waals surface area contributed by atoms with Crippen LogP contribution in [0.4, 0.5) is 0 Å². The van der Waals surface area contributed by atoms with Crippen LogP contribution in [0, 0.1) is 5.41 Å². The first-order valence-corrected chi connectivity index (χ1v) is 11.9. The van der Waals surface area contributed by atoms with Crippen LogP contribution in [0.25, 0.3) is 0 Å². The second kappa shape index (κ2) is 12.3. The Morgan fingerprint density at radius 1 is 1.03 bits per heavy atom. The van der Waals surface area contributed by atoms with Crippen molar-refractivity contribution < 1.29 is 19.5 Å². The fourth-order valence-electron chi connectivity index (χ4n) is 4.66. The predicted molar refractivity (Wildman–Crippen MR) is 129 cm³/mol. The zero-order valence-electron chi connectivity index (χ0n) is 19.4. The maximum Gasteiger partial charge on any atom is 0.305 e. The molecule has 1 aliphatic carbocycles. The maximum absolute atomic E-state index is 13.3. The summed E-state index contributed by atoms with van der Waals surface area (Å²) in [5.74, 6) is -1.69. The number of hydrogen-bond acceptors (Lipinski definition) is 5. The molecule has 2 amide bonds. The van der Waals surface area contributed by atoms with Gasteiger partial charge in [-0.05, 0) is 36.0 Å². The Balaban J connectivity index is 1.68. The molecule has 0 bridgehead atoms. The van der Waals surface area contributed by atoms with Crippen molar-refractivity contribution in [1.82, 2.24) is 15.6 Å². The number of amides is 2. The molecule has 8 heteroatoms. The van der Waals surface area contributed by atoms with Crippen LogP contribution in [0.1, 0.15) is 62.2 Å². The Bertz CT molecular complexity index is 946. The van der Waals surface area contributed by atoms with Gasteiger partial charge in [0.25, 0.3) is 0 Å². The van der Waals surface area contributed by atoms with Gasteiger partial charge < -0.3 is 21.5 Å². The SMILES string of the molecule is N[C@@H](CC(=O)O)C(=O)NCC1(CC(=O)NC(Cc2ccccn2)c2ccccc2)CCCCC1. The van der Waals surface area contributed by atoms with Gasteiger partial charge in [-0.1, -0.05) is 55.7 Å². The minimum Gasteiger partial charge on any atom is -0.481 e. The van der Waals surface area contributed by atoms with Gasteiger partial charge in [0.05, 0.1) is 18.5 Å². The van der Waals surface area contributed by atoms with Crippen LogP contribution in [-0.2, 0) is 20.8 Å². The molecule has 0 saturated heterocycles. The third-order valence-corrected chi connectivity index (χ3v) is 6.50. The number of rotatable bonds is 11. The second-order valence-electron chi connectivity index (χ2n) is 9.22. The molecule has 1 unspecified atom stereocenters. The van der Waals surface area contributed by atoms with Crippen molar-refractivity contribution in [2.75, 3.05) is 6.54 Å². The number of aromatic nitrogens is 1. The summed E-state index contributed by atoms with van der Waals surface area (Å²) in [7, 11) is 0. The summed E-state index contributed by atoms with van der Waals surface area (Å²) < 4.78 is 0. The smallest absolute Gasteiger partial charge is 0.305 e. The highest BCUT2D eigenvalue weighted by Gasteiger charge is 2.36. The minimum absolute atomic E-state index is 0.0734. The van der Waals surface area contributed by atoms with Crippen molar-refractivity contribution in [1.29, 1.82) is 0 Å². The molecule has 2 aromatic rings. The molecule has 1 aromatic carbocycles. The number of carbonyl (C=O) groups is 3. The van der Waals surface area contributed by atoms with Crippen LogP contribution in [-0.4, -0.2) is 40.5 Å². The maximum atomic E-state index is 13.3. The van der Waals surface area contributed by atoms with E-state index in [1.54, 1.807) is 6.20 Å². The van der Waals surface area contributed by atoms with Crippen LogP contribution < -0.4 is 16.4 Å². The number of carbonyl (C=O) groups excluding carboxylic acids is 2. The summed E-state index contributed by atoms with van der Waals surface area (Å²) in [6, 6.07) is 14.2. The van der Waals surface area contributed by atoms with Crippen LogP contribution in [0.15, 0.2) is 54.7 Å². The number of benzene rings is 1. The summed E-state index contributed by atoms with van der Waals surface area (Å²) in [5.41, 5.74) is 7.23. The first kappa shape index (κ1) is 25.4. The lowest BCUT2D eigenvalue weighted by Crippen LogP contribution is -2.48. The Hall–Kier alpha value is -3.26. The number of hydrogen-bond donors (Lipinski definition) is 4. The lowest BCUT2D eigenvalue weighted by Gasteiger charge is -2.37. The Labute approximate surface area is 200 Å². The lowest BCUT2D eigenvalue weighted by atomic mass is 9.71. The minimum atomic E-state index is -1.12. The van der Waals surface area contributed by atoms with E-state index in [2.05, 4.69) is 15.6 Å². The van der Waals surface area contributed by atoms with Crippen molar-refractivity contribution in [2.45, 2.75) is 63.5 Å². The molecule has 1 aliphatic rings. The van der Waals surface area contributed by atoms with Crippen LogP contribution in [0.3, 0.4) is 0 Å². The van der Waals surface area contributed by atoms with E-state index in [1.807, 2.05) is 48.5 Å². The van der Waals surface area contributed by atoms with Gasteiger partial charge >= 0.3 is 5.97 Å². The van der Waals surface area contributed by atoms with E-state index < -0.39 is 24.3 Å². The summed E-state index contributed by atoms with van der Waals surface area (Å²) in [6.45, 7) is 0.308. The summed E-state index contributed by atoms with van der Waals surface area (Å²) >= 11 is 0. The lowest BCUT2D eigenvalue weighted by molar-refractivity contribution is -0.139. The molecular weight excluding hydrogens is 432 g/mol. The zero-order valence-corrected chi connectivity index (χ0v) is 19.4. The van der Waals surface area contributed by atoms with E-state index in [-0.39, 0.29) is 23.8 Å². The van der Waals surface area contributed by atoms with Crippen molar-refractivity contribution in [3.63, 3.8) is 0 Å². The third-order valence-electron chi connectivity index (χ3n) is 6.50. The molecule has 5 N–H and O–H groups in total. The fourth-order valence-corrected chi connectivity index (χ4v) is 4.66. The molecule has 8 nitrogen and oxygen atoms in total. The molecule has 1 saturated carbocycles. The monoisotopic (exact) mass is 466 g/mol. The number of carboxylic acids is 1. The highest BCUT2D eigenvalue weighted by Crippen LogP contribution is 2.39. The molecule has 3 rings (SSSR count). The standard InChI is InChI=1S/C26H34N4O4/c27-21(16-24(32)33)25(34)29-18-26(12-6-2-7-13-26)17-23(31)30-22(19-9-3-1-4-10-19)15-20-11-5-8-14-28-20/h1,3-5,8-11,14,21-22H,2,6-7,12-13,15-18,27H2,(H,29,34)(H,30,31)(H,32,33)/t21-,22?/m0/s1. The van der Waals surface area contributed by atoms with Crippen LogP contribution >= 0.6 is 0 Å². The first-order chi connectivity index (χ1) is 16.4. The van der Waals surface area contributed by atoms with E-state index in [0.29, 0.717) is 13.0 Å². The van der Waals surface area contributed by atoms with Gasteiger partial charge in [-0.2, -0.15) is 0 Å². The van der Waals surface area contributed by atoms with E-state index in [4.69, 9.17) is 10.8 Å².